The number of hydrogen-bond acceptors (Lipinski definition) is 2. The van der Waals surface area contributed by atoms with Crippen molar-refractivity contribution in [3.8, 4) is 0 Å². The molecule has 1 rings (SSSR count). The van der Waals surface area contributed by atoms with Crippen LogP contribution in [0.4, 0.5) is 8.78 Å². The van der Waals surface area contributed by atoms with E-state index in [4.69, 9.17) is 0 Å². The maximum atomic E-state index is 12.0. The first-order valence-electron chi connectivity index (χ1n) is 4.85. The Bertz CT molecular complexity index is 216. The lowest BCUT2D eigenvalue weighted by Gasteiger charge is -2.13. The SMILES string of the molecule is O=C(SC1/C=C\CCCCC1)C(F)F. The number of allylic oxidation sites excluding steroid dienone is 1. The summed E-state index contributed by atoms with van der Waals surface area (Å²) in [5, 5.41) is -1.04. The van der Waals surface area contributed by atoms with E-state index in [1.54, 1.807) is 0 Å². The van der Waals surface area contributed by atoms with Gasteiger partial charge in [0.2, 0.25) is 0 Å². The Morgan fingerprint density at radius 3 is 2.86 bits per heavy atom. The van der Waals surface area contributed by atoms with E-state index in [0.717, 1.165) is 43.9 Å². The molecule has 0 saturated carbocycles. The highest BCUT2D eigenvalue weighted by Gasteiger charge is 2.20. The highest BCUT2D eigenvalue weighted by molar-refractivity contribution is 8.14. The minimum absolute atomic E-state index is 0.0446. The Morgan fingerprint density at radius 2 is 2.14 bits per heavy atom. The summed E-state index contributed by atoms with van der Waals surface area (Å²) in [4.78, 5) is 10.8. The first-order valence-corrected chi connectivity index (χ1v) is 5.73. The van der Waals surface area contributed by atoms with Gasteiger partial charge in [0.05, 0.1) is 0 Å². The fourth-order valence-corrected chi connectivity index (χ4v) is 2.30. The van der Waals surface area contributed by atoms with Crippen LogP contribution in [-0.4, -0.2) is 16.8 Å². The third-order valence-corrected chi connectivity index (χ3v) is 3.26. The molecular formula is C10H14F2OS. The molecule has 1 nitrogen and oxygen atoms in total. The molecule has 0 heterocycles. The molecule has 14 heavy (non-hydrogen) atoms. The molecule has 0 amide bonds. The number of alkyl halides is 2. The van der Waals surface area contributed by atoms with Crippen LogP contribution >= 0.6 is 11.8 Å². The molecule has 0 aliphatic heterocycles. The summed E-state index contributed by atoms with van der Waals surface area (Å²) >= 11 is 0.776. The number of halogens is 2. The van der Waals surface area contributed by atoms with Crippen molar-refractivity contribution in [1.29, 1.82) is 0 Å². The predicted molar refractivity (Wildman–Crippen MR) is 54.6 cm³/mol. The van der Waals surface area contributed by atoms with E-state index in [9.17, 15) is 13.6 Å². The maximum Gasteiger partial charge on any atom is 0.306 e. The van der Waals surface area contributed by atoms with E-state index in [-0.39, 0.29) is 5.25 Å². The van der Waals surface area contributed by atoms with E-state index < -0.39 is 11.5 Å². The van der Waals surface area contributed by atoms with Crippen molar-refractivity contribution in [3.63, 3.8) is 0 Å². The Kier molecular flexibility index (Phi) is 5.15. The van der Waals surface area contributed by atoms with Gasteiger partial charge in [-0.2, -0.15) is 0 Å². The summed E-state index contributed by atoms with van der Waals surface area (Å²) in [5.74, 6) is 0. The molecule has 0 N–H and O–H groups in total. The average molecular weight is 220 g/mol. The molecule has 0 aromatic heterocycles. The molecule has 1 aliphatic carbocycles. The van der Waals surface area contributed by atoms with Crippen LogP contribution in [0.1, 0.15) is 32.1 Å². The van der Waals surface area contributed by atoms with Gasteiger partial charge in [-0.25, -0.2) is 8.78 Å². The van der Waals surface area contributed by atoms with Gasteiger partial charge in [-0.05, 0) is 19.3 Å². The van der Waals surface area contributed by atoms with Gasteiger partial charge in [-0.15, -0.1) is 0 Å². The van der Waals surface area contributed by atoms with Crippen LogP contribution in [0.3, 0.4) is 0 Å². The molecule has 0 aromatic carbocycles. The molecule has 0 fully saturated rings. The first-order chi connectivity index (χ1) is 6.70. The van der Waals surface area contributed by atoms with Crippen LogP contribution in [0, 0.1) is 0 Å². The number of rotatable bonds is 2. The standard InChI is InChI=1S/C10H14F2OS/c11-9(12)10(13)14-8-6-4-2-1-3-5-7-8/h4,6,8-9H,1-3,5,7H2/b6-4-. The summed E-state index contributed by atoms with van der Waals surface area (Å²) in [6.45, 7) is 0. The Morgan fingerprint density at radius 1 is 1.36 bits per heavy atom. The van der Waals surface area contributed by atoms with Crippen LogP contribution in [0.15, 0.2) is 12.2 Å². The molecule has 4 heteroatoms. The minimum atomic E-state index is -2.83. The fraction of sp³-hybridized carbons (Fsp3) is 0.700. The van der Waals surface area contributed by atoms with Gasteiger partial charge in [0.1, 0.15) is 0 Å². The molecule has 0 aromatic rings. The van der Waals surface area contributed by atoms with Gasteiger partial charge in [-0.3, -0.25) is 4.79 Å². The van der Waals surface area contributed by atoms with Crippen molar-refractivity contribution in [2.24, 2.45) is 0 Å². The van der Waals surface area contributed by atoms with Crippen molar-refractivity contribution in [3.05, 3.63) is 12.2 Å². The number of thioether (sulfide) groups is 1. The van der Waals surface area contributed by atoms with E-state index in [1.165, 1.54) is 0 Å². The maximum absolute atomic E-state index is 12.0. The normalized spacial score (nSPS) is 25.5. The first kappa shape index (κ1) is 11.7. The van der Waals surface area contributed by atoms with Crippen LogP contribution in [0.5, 0.6) is 0 Å². The van der Waals surface area contributed by atoms with Crippen molar-refractivity contribution >= 4 is 16.9 Å². The highest BCUT2D eigenvalue weighted by Crippen LogP contribution is 2.24. The van der Waals surface area contributed by atoms with Crippen molar-refractivity contribution in [2.45, 2.75) is 43.8 Å². The zero-order valence-electron chi connectivity index (χ0n) is 7.92. The summed E-state index contributed by atoms with van der Waals surface area (Å²) in [5.41, 5.74) is 0. The van der Waals surface area contributed by atoms with Crippen LogP contribution in [-0.2, 0) is 4.79 Å². The molecule has 1 unspecified atom stereocenters. The molecular weight excluding hydrogens is 206 g/mol. The summed E-state index contributed by atoms with van der Waals surface area (Å²) in [6, 6.07) is 0. The smallest absolute Gasteiger partial charge is 0.281 e. The lowest BCUT2D eigenvalue weighted by atomic mass is 10.1. The Labute approximate surface area is 86.9 Å². The lowest BCUT2D eigenvalue weighted by molar-refractivity contribution is -0.120. The van der Waals surface area contributed by atoms with E-state index >= 15 is 0 Å². The van der Waals surface area contributed by atoms with Crippen molar-refractivity contribution in [2.75, 3.05) is 0 Å². The van der Waals surface area contributed by atoms with Gasteiger partial charge >= 0.3 is 6.43 Å². The van der Waals surface area contributed by atoms with Gasteiger partial charge < -0.3 is 0 Å². The van der Waals surface area contributed by atoms with E-state index in [2.05, 4.69) is 0 Å². The second-order valence-corrected chi connectivity index (χ2v) is 4.59. The molecule has 80 valence electrons. The van der Waals surface area contributed by atoms with Gasteiger partial charge in [0, 0.05) is 5.25 Å². The second-order valence-electron chi connectivity index (χ2n) is 3.34. The molecule has 0 bridgehead atoms. The van der Waals surface area contributed by atoms with Gasteiger partial charge in [0.25, 0.3) is 5.12 Å². The second kappa shape index (κ2) is 6.17. The molecule has 0 saturated heterocycles. The third kappa shape index (κ3) is 4.22. The molecule has 1 atom stereocenters. The summed E-state index contributed by atoms with van der Waals surface area (Å²) in [7, 11) is 0. The Balaban J connectivity index is 2.41. The van der Waals surface area contributed by atoms with Gasteiger partial charge in [-0.1, -0.05) is 36.8 Å². The molecule has 0 spiro atoms. The topological polar surface area (TPSA) is 17.1 Å². The summed E-state index contributed by atoms with van der Waals surface area (Å²) in [6.07, 6.45) is 6.21. The average Bonchev–Trinajstić information content (AvgIpc) is 2.08. The number of carbonyl (C=O) groups excluding carboxylic acids is 1. The van der Waals surface area contributed by atoms with Crippen molar-refractivity contribution in [1.82, 2.24) is 0 Å². The van der Waals surface area contributed by atoms with Gasteiger partial charge in [0.15, 0.2) is 0 Å². The summed E-state index contributed by atoms with van der Waals surface area (Å²) < 4.78 is 23.9. The quantitative estimate of drug-likeness (QED) is 0.663. The van der Waals surface area contributed by atoms with E-state index in [1.807, 2.05) is 12.2 Å². The monoisotopic (exact) mass is 220 g/mol. The van der Waals surface area contributed by atoms with Crippen LogP contribution < -0.4 is 0 Å². The van der Waals surface area contributed by atoms with Crippen molar-refractivity contribution < 1.29 is 13.6 Å². The fourth-order valence-electron chi connectivity index (χ4n) is 1.43. The van der Waals surface area contributed by atoms with Crippen LogP contribution in [0.2, 0.25) is 0 Å². The Hall–Kier alpha value is -0.380. The van der Waals surface area contributed by atoms with Crippen LogP contribution in [0.25, 0.3) is 0 Å². The molecule has 0 radical (unpaired) electrons. The zero-order valence-corrected chi connectivity index (χ0v) is 8.73. The number of carbonyl (C=O) groups is 1. The largest absolute Gasteiger partial charge is 0.306 e. The minimum Gasteiger partial charge on any atom is -0.281 e. The highest BCUT2D eigenvalue weighted by atomic mass is 32.2. The lowest BCUT2D eigenvalue weighted by Crippen LogP contribution is -2.11. The molecule has 1 aliphatic rings. The third-order valence-electron chi connectivity index (χ3n) is 2.16. The number of hydrogen-bond donors (Lipinski definition) is 0. The van der Waals surface area contributed by atoms with E-state index in [0.29, 0.717) is 0 Å². The predicted octanol–water partition coefficient (Wildman–Crippen LogP) is 3.40. The zero-order chi connectivity index (χ0) is 10.4.